The van der Waals surface area contributed by atoms with Gasteiger partial charge in [-0.2, -0.15) is 5.10 Å². The zero-order valence-electron chi connectivity index (χ0n) is 12.7. The van der Waals surface area contributed by atoms with Gasteiger partial charge in [-0.15, -0.1) is 11.3 Å². The normalized spacial score (nSPS) is 11.8. The number of aliphatic carboxylic acids is 1. The predicted octanol–water partition coefficient (Wildman–Crippen LogP) is 4.62. The Hall–Kier alpha value is -2.90. The summed E-state index contributed by atoms with van der Waals surface area (Å²) in [6, 6.07) is 10.7. The number of carbonyl (C=O) groups is 1. The van der Waals surface area contributed by atoms with E-state index in [1.54, 1.807) is 24.3 Å². The van der Waals surface area contributed by atoms with Gasteiger partial charge in [0.1, 0.15) is 5.76 Å². The average molecular weight is 374 g/mol. The summed E-state index contributed by atoms with van der Waals surface area (Å²) in [5.74, 6) is -0.627. The van der Waals surface area contributed by atoms with Crippen LogP contribution in [0.5, 0.6) is 0 Å². The maximum Gasteiger partial charge on any atom is 0.356 e. The number of hydrazone groups is 1. The van der Waals surface area contributed by atoms with Gasteiger partial charge in [-0.05, 0) is 36.4 Å². The number of carboxylic acids is 1. The Labute approximate surface area is 152 Å². The van der Waals surface area contributed by atoms with Crippen LogP contribution in [0.25, 0.3) is 17.3 Å². The lowest BCUT2D eigenvalue weighted by molar-refractivity contribution is -0.129. The number of carboxylic acid groups (broad SMARTS) is 1. The van der Waals surface area contributed by atoms with Crippen molar-refractivity contribution in [3.05, 3.63) is 64.9 Å². The fraction of sp³-hybridized carbons (Fsp3) is 0. The predicted molar refractivity (Wildman–Crippen MR) is 99.0 cm³/mol. The van der Waals surface area contributed by atoms with Crippen LogP contribution in [0.2, 0.25) is 5.02 Å². The number of rotatable bonds is 6. The van der Waals surface area contributed by atoms with Crippen LogP contribution in [0.15, 0.2) is 63.6 Å². The lowest BCUT2D eigenvalue weighted by Gasteiger charge is -1.98. The van der Waals surface area contributed by atoms with Crippen LogP contribution < -0.4 is 5.43 Å². The van der Waals surface area contributed by atoms with Gasteiger partial charge in [-0.25, -0.2) is 9.78 Å². The van der Waals surface area contributed by atoms with Gasteiger partial charge >= 0.3 is 5.97 Å². The molecule has 3 rings (SSSR count). The molecule has 1 aromatic carbocycles. The van der Waals surface area contributed by atoms with E-state index in [-0.39, 0.29) is 5.71 Å². The van der Waals surface area contributed by atoms with Crippen molar-refractivity contribution in [2.45, 2.75) is 0 Å². The van der Waals surface area contributed by atoms with Crippen molar-refractivity contribution >= 4 is 45.8 Å². The number of furan rings is 1. The number of nitrogens with one attached hydrogen (secondary N) is 1. The maximum absolute atomic E-state index is 11.3. The van der Waals surface area contributed by atoms with E-state index >= 15 is 0 Å². The first-order valence-corrected chi connectivity index (χ1v) is 8.37. The van der Waals surface area contributed by atoms with E-state index in [0.717, 1.165) is 11.3 Å². The number of halogens is 1. The zero-order chi connectivity index (χ0) is 17.6. The molecule has 6 nitrogen and oxygen atoms in total. The van der Waals surface area contributed by atoms with Crippen molar-refractivity contribution in [3.8, 4) is 11.3 Å². The Morgan fingerprint density at radius 1 is 1.32 bits per heavy atom. The minimum Gasteiger partial charge on any atom is -0.476 e. The number of benzene rings is 1. The van der Waals surface area contributed by atoms with Crippen molar-refractivity contribution in [2.75, 3.05) is 5.43 Å². The van der Waals surface area contributed by atoms with E-state index in [2.05, 4.69) is 15.5 Å². The number of hydrogen-bond donors (Lipinski definition) is 2. The molecule has 0 amide bonds. The van der Waals surface area contributed by atoms with Crippen LogP contribution in [-0.4, -0.2) is 21.8 Å². The number of nitrogens with zero attached hydrogens (tertiary/aromatic N) is 2. The van der Waals surface area contributed by atoms with Crippen molar-refractivity contribution in [3.63, 3.8) is 0 Å². The van der Waals surface area contributed by atoms with Gasteiger partial charge in [0.15, 0.2) is 5.71 Å². The summed E-state index contributed by atoms with van der Waals surface area (Å²) in [7, 11) is 0. The van der Waals surface area contributed by atoms with Gasteiger partial charge in [0.25, 0.3) is 0 Å². The van der Waals surface area contributed by atoms with Crippen LogP contribution in [-0.2, 0) is 4.79 Å². The van der Waals surface area contributed by atoms with Crippen LogP contribution in [0, 0.1) is 0 Å². The van der Waals surface area contributed by atoms with Gasteiger partial charge in [0.2, 0.25) is 5.13 Å². The third-order valence-corrected chi connectivity index (χ3v) is 4.08. The van der Waals surface area contributed by atoms with Crippen LogP contribution >= 0.6 is 22.9 Å². The van der Waals surface area contributed by atoms with Gasteiger partial charge in [-0.1, -0.05) is 23.7 Å². The molecule has 0 atom stereocenters. The van der Waals surface area contributed by atoms with Gasteiger partial charge in [0.05, 0.1) is 12.0 Å². The lowest BCUT2D eigenvalue weighted by Crippen LogP contribution is -2.11. The molecule has 2 heterocycles. The molecule has 0 aliphatic rings. The molecule has 0 radical (unpaired) electrons. The summed E-state index contributed by atoms with van der Waals surface area (Å²) in [6.07, 6.45) is 4.38. The Bertz CT molecular complexity index is 915. The second-order valence-electron chi connectivity index (χ2n) is 4.81. The summed E-state index contributed by atoms with van der Waals surface area (Å²) in [5.41, 5.74) is 4.16. The summed E-state index contributed by atoms with van der Waals surface area (Å²) < 4.78 is 5.11. The third kappa shape index (κ3) is 4.56. The maximum atomic E-state index is 11.3. The van der Waals surface area contributed by atoms with Crippen LogP contribution in [0.3, 0.4) is 0 Å². The molecule has 8 heteroatoms. The van der Waals surface area contributed by atoms with E-state index in [4.69, 9.17) is 16.0 Å². The topological polar surface area (TPSA) is 87.7 Å². The van der Waals surface area contributed by atoms with Crippen molar-refractivity contribution in [1.29, 1.82) is 0 Å². The largest absolute Gasteiger partial charge is 0.476 e. The van der Waals surface area contributed by atoms with Crippen LogP contribution in [0.1, 0.15) is 5.76 Å². The zero-order valence-corrected chi connectivity index (χ0v) is 14.3. The van der Waals surface area contributed by atoms with Crippen molar-refractivity contribution in [2.24, 2.45) is 5.10 Å². The molecule has 126 valence electrons. The highest BCUT2D eigenvalue weighted by molar-refractivity contribution is 7.14. The van der Waals surface area contributed by atoms with E-state index in [9.17, 15) is 9.90 Å². The molecular weight excluding hydrogens is 362 g/mol. The fourth-order valence-electron chi connectivity index (χ4n) is 1.89. The Morgan fingerprint density at radius 2 is 2.12 bits per heavy atom. The Morgan fingerprint density at radius 3 is 2.80 bits per heavy atom. The first-order valence-electron chi connectivity index (χ1n) is 7.12. The summed E-state index contributed by atoms with van der Waals surface area (Å²) in [6.45, 7) is 0. The molecule has 2 aromatic heterocycles. The number of thiazole rings is 1. The van der Waals surface area contributed by atoms with Crippen LogP contribution in [0.4, 0.5) is 5.13 Å². The first kappa shape index (κ1) is 16.9. The highest BCUT2D eigenvalue weighted by Gasteiger charge is 2.08. The van der Waals surface area contributed by atoms with E-state index in [0.29, 0.717) is 15.9 Å². The van der Waals surface area contributed by atoms with E-state index < -0.39 is 5.97 Å². The number of anilines is 1. The third-order valence-electron chi connectivity index (χ3n) is 3.08. The molecule has 25 heavy (non-hydrogen) atoms. The molecule has 2 N–H and O–H groups in total. The SMILES string of the molecule is O=C(O)C(/C=C/c1ccco1)=N\Nc1nc(-c2ccc(Cl)cc2)cs1. The minimum atomic E-state index is -1.16. The number of aromatic nitrogens is 1. The molecule has 0 saturated carbocycles. The Balaban J connectivity index is 1.73. The molecule has 0 bridgehead atoms. The molecular formula is C17H12ClN3O3S. The first-order chi connectivity index (χ1) is 12.1. The molecule has 0 aliphatic carbocycles. The standard InChI is InChI=1S/C17H12ClN3O3S/c18-12-5-3-11(4-6-12)15-10-25-17(19-15)21-20-14(16(22)23)8-7-13-2-1-9-24-13/h1-10H,(H,19,21)(H,22,23)/b8-7+,20-14-. The lowest BCUT2D eigenvalue weighted by atomic mass is 10.2. The quantitative estimate of drug-likeness (QED) is 0.486. The van der Waals surface area contributed by atoms with Crippen molar-refractivity contribution < 1.29 is 14.3 Å². The van der Waals surface area contributed by atoms with E-state index in [1.807, 2.05) is 17.5 Å². The fourth-order valence-corrected chi connectivity index (χ4v) is 2.68. The average Bonchev–Trinajstić information content (AvgIpc) is 3.27. The Kier molecular flexibility index (Phi) is 5.27. The van der Waals surface area contributed by atoms with Crippen molar-refractivity contribution in [1.82, 2.24) is 4.98 Å². The summed E-state index contributed by atoms with van der Waals surface area (Å²) >= 11 is 7.19. The molecule has 0 unspecified atom stereocenters. The highest BCUT2D eigenvalue weighted by atomic mass is 35.5. The molecule has 3 aromatic rings. The molecule has 0 aliphatic heterocycles. The van der Waals surface area contributed by atoms with Gasteiger partial charge in [-0.3, -0.25) is 5.43 Å². The molecule has 0 saturated heterocycles. The smallest absolute Gasteiger partial charge is 0.356 e. The van der Waals surface area contributed by atoms with Gasteiger partial charge in [0, 0.05) is 16.0 Å². The highest BCUT2D eigenvalue weighted by Crippen LogP contribution is 2.25. The summed E-state index contributed by atoms with van der Waals surface area (Å²) in [5, 5.41) is 16.1. The second kappa shape index (κ2) is 7.78. The molecule has 0 fully saturated rings. The second-order valence-corrected chi connectivity index (χ2v) is 6.10. The van der Waals surface area contributed by atoms with E-state index in [1.165, 1.54) is 29.8 Å². The molecule has 0 spiro atoms. The number of hydrogen-bond acceptors (Lipinski definition) is 6. The minimum absolute atomic E-state index is 0.167. The monoisotopic (exact) mass is 373 g/mol. The summed E-state index contributed by atoms with van der Waals surface area (Å²) in [4.78, 5) is 15.6. The van der Waals surface area contributed by atoms with Gasteiger partial charge < -0.3 is 9.52 Å².